The van der Waals surface area contributed by atoms with Crippen LogP contribution in [0.5, 0.6) is 0 Å². The molecule has 0 radical (unpaired) electrons. The van der Waals surface area contributed by atoms with Gasteiger partial charge in [-0.25, -0.2) is 15.0 Å². The number of nitrogens with two attached hydrogens (primary N) is 1. The Morgan fingerprint density at radius 1 is 1.27 bits per heavy atom. The molecule has 0 atom stereocenters. The van der Waals surface area contributed by atoms with Crippen LogP contribution in [-0.4, -0.2) is 15.0 Å². The number of benzene rings is 1. The number of thiazole rings is 1. The fourth-order valence-corrected chi connectivity index (χ4v) is 3.12. The van der Waals surface area contributed by atoms with Crippen molar-refractivity contribution in [3.05, 3.63) is 52.3 Å². The summed E-state index contributed by atoms with van der Waals surface area (Å²) in [4.78, 5) is 14.2. The second-order valence-electron chi connectivity index (χ2n) is 4.63. The standard InChI is InChI=1S/C15H14ClN5S/c1-9-14(22-13(8-17)19-9)12-5-6-18-15(21-12)20-11-4-2-3-10(16)7-11/h2-7H,8,17H2,1H3,(H,18,20,21). The van der Waals surface area contributed by atoms with Crippen LogP contribution in [0.4, 0.5) is 11.6 Å². The van der Waals surface area contributed by atoms with E-state index in [0.29, 0.717) is 17.5 Å². The molecule has 5 nitrogen and oxygen atoms in total. The van der Waals surface area contributed by atoms with Crippen LogP contribution in [0, 0.1) is 6.92 Å². The predicted molar refractivity (Wildman–Crippen MR) is 90.5 cm³/mol. The molecule has 3 aromatic rings. The first-order chi connectivity index (χ1) is 10.7. The normalized spacial score (nSPS) is 10.7. The molecule has 2 aromatic heterocycles. The minimum absolute atomic E-state index is 0.435. The van der Waals surface area contributed by atoms with Crippen molar-refractivity contribution in [3.63, 3.8) is 0 Å². The fourth-order valence-electron chi connectivity index (χ4n) is 2.02. The summed E-state index contributed by atoms with van der Waals surface area (Å²) in [6.45, 7) is 2.39. The lowest BCUT2D eigenvalue weighted by atomic mass is 10.3. The molecule has 3 rings (SSSR count). The van der Waals surface area contributed by atoms with Crippen molar-refractivity contribution in [1.29, 1.82) is 0 Å². The highest BCUT2D eigenvalue weighted by atomic mass is 35.5. The molecule has 7 heteroatoms. The molecule has 22 heavy (non-hydrogen) atoms. The average Bonchev–Trinajstić information content (AvgIpc) is 2.89. The molecular formula is C15H14ClN5S. The molecule has 0 aliphatic rings. The third-order valence-electron chi connectivity index (χ3n) is 2.98. The molecule has 0 saturated carbocycles. The van der Waals surface area contributed by atoms with Crippen LogP contribution in [0.15, 0.2) is 36.5 Å². The zero-order valence-electron chi connectivity index (χ0n) is 11.9. The van der Waals surface area contributed by atoms with Crippen LogP contribution < -0.4 is 11.1 Å². The topological polar surface area (TPSA) is 76.7 Å². The van der Waals surface area contributed by atoms with Crippen molar-refractivity contribution in [1.82, 2.24) is 15.0 Å². The third kappa shape index (κ3) is 3.24. The SMILES string of the molecule is Cc1nc(CN)sc1-c1ccnc(Nc2cccc(Cl)c2)n1. The van der Waals surface area contributed by atoms with Crippen molar-refractivity contribution in [2.45, 2.75) is 13.5 Å². The lowest BCUT2D eigenvalue weighted by Gasteiger charge is -2.06. The number of hydrogen-bond donors (Lipinski definition) is 2. The van der Waals surface area contributed by atoms with E-state index >= 15 is 0 Å². The largest absolute Gasteiger partial charge is 0.325 e. The first-order valence-corrected chi connectivity index (χ1v) is 7.87. The fraction of sp³-hybridized carbons (Fsp3) is 0.133. The molecule has 2 heterocycles. The highest BCUT2D eigenvalue weighted by Gasteiger charge is 2.11. The van der Waals surface area contributed by atoms with Gasteiger partial charge in [-0.1, -0.05) is 17.7 Å². The molecule has 0 unspecified atom stereocenters. The van der Waals surface area contributed by atoms with Crippen LogP contribution >= 0.6 is 22.9 Å². The number of nitrogens with zero attached hydrogens (tertiary/aromatic N) is 3. The van der Waals surface area contributed by atoms with Gasteiger partial charge < -0.3 is 11.1 Å². The van der Waals surface area contributed by atoms with Gasteiger partial charge in [0.1, 0.15) is 5.01 Å². The van der Waals surface area contributed by atoms with Crippen LogP contribution in [0.25, 0.3) is 10.6 Å². The number of halogens is 1. The molecule has 0 amide bonds. The molecule has 112 valence electrons. The monoisotopic (exact) mass is 331 g/mol. The number of rotatable bonds is 4. The lowest BCUT2D eigenvalue weighted by molar-refractivity contribution is 1.02. The summed E-state index contributed by atoms with van der Waals surface area (Å²) in [5.41, 5.74) is 8.24. The van der Waals surface area contributed by atoms with E-state index in [1.807, 2.05) is 37.3 Å². The average molecular weight is 332 g/mol. The highest BCUT2D eigenvalue weighted by Crippen LogP contribution is 2.29. The Morgan fingerprint density at radius 3 is 2.86 bits per heavy atom. The summed E-state index contributed by atoms with van der Waals surface area (Å²) >= 11 is 7.53. The van der Waals surface area contributed by atoms with Crippen molar-refractivity contribution < 1.29 is 0 Å². The van der Waals surface area contributed by atoms with Crippen molar-refractivity contribution in [2.75, 3.05) is 5.32 Å². The zero-order chi connectivity index (χ0) is 15.5. The molecule has 0 aliphatic heterocycles. The van der Waals surface area contributed by atoms with Crippen molar-refractivity contribution >= 4 is 34.6 Å². The summed E-state index contributed by atoms with van der Waals surface area (Å²) in [6.07, 6.45) is 1.72. The number of nitrogens with one attached hydrogen (secondary N) is 1. The second-order valence-corrected chi connectivity index (χ2v) is 6.15. The van der Waals surface area contributed by atoms with Gasteiger partial charge in [-0.3, -0.25) is 0 Å². The first kappa shape index (κ1) is 14.9. The Balaban J connectivity index is 1.90. The number of hydrogen-bond acceptors (Lipinski definition) is 6. The van der Waals surface area contributed by atoms with E-state index in [4.69, 9.17) is 17.3 Å². The maximum atomic E-state index is 5.98. The van der Waals surface area contributed by atoms with E-state index in [1.165, 1.54) is 0 Å². The minimum atomic E-state index is 0.435. The smallest absolute Gasteiger partial charge is 0.227 e. The van der Waals surface area contributed by atoms with Crippen LogP contribution in [0.2, 0.25) is 5.02 Å². The van der Waals surface area contributed by atoms with Gasteiger partial charge >= 0.3 is 0 Å². The van der Waals surface area contributed by atoms with Gasteiger partial charge in [-0.15, -0.1) is 11.3 Å². The van der Waals surface area contributed by atoms with E-state index in [1.54, 1.807) is 17.5 Å². The van der Waals surface area contributed by atoms with Gasteiger partial charge in [-0.2, -0.15) is 0 Å². The Bertz CT molecular complexity index is 802. The Labute approximate surface area is 137 Å². The van der Waals surface area contributed by atoms with Gasteiger partial charge in [0.05, 0.1) is 16.3 Å². The van der Waals surface area contributed by atoms with Crippen LogP contribution in [0.3, 0.4) is 0 Å². The van der Waals surface area contributed by atoms with Gasteiger partial charge in [0.15, 0.2) is 0 Å². The maximum Gasteiger partial charge on any atom is 0.227 e. The van der Waals surface area contributed by atoms with E-state index in [2.05, 4.69) is 20.3 Å². The van der Waals surface area contributed by atoms with E-state index < -0.39 is 0 Å². The van der Waals surface area contributed by atoms with Gasteiger partial charge in [0.2, 0.25) is 5.95 Å². The molecule has 0 aliphatic carbocycles. The molecule has 0 saturated heterocycles. The van der Waals surface area contributed by atoms with Crippen LogP contribution in [0.1, 0.15) is 10.7 Å². The maximum absolute atomic E-state index is 5.98. The summed E-state index contributed by atoms with van der Waals surface area (Å²) in [5, 5.41) is 4.71. The number of anilines is 2. The van der Waals surface area contributed by atoms with E-state index in [0.717, 1.165) is 27.0 Å². The Hall–Kier alpha value is -2.02. The summed E-state index contributed by atoms with van der Waals surface area (Å²) in [6, 6.07) is 9.28. The summed E-state index contributed by atoms with van der Waals surface area (Å²) in [7, 11) is 0. The highest BCUT2D eigenvalue weighted by molar-refractivity contribution is 7.15. The van der Waals surface area contributed by atoms with Gasteiger partial charge in [-0.05, 0) is 31.2 Å². The van der Waals surface area contributed by atoms with Crippen LogP contribution in [-0.2, 0) is 6.54 Å². The molecule has 0 bridgehead atoms. The molecule has 3 N–H and O–H groups in total. The Kier molecular flexibility index (Phi) is 4.33. The molecular weight excluding hydrogens is 318 g/mol. The second kappa shape index (κ2) is 6.39. The minimum Gasteiger partial charge on any atom is -0.325 e. The summed E-state index contributed by atoms with van der Waals surface area (Å²) in [5.74, 6) is 0.516. The molecule has 0 spiro atoms. The number of aromatic nitrogens is 3. The first-order valence-electron chi connectivity index (χ1n) is 6.68. The summed E-state index contributed by atoms with van der Waals surface area (Å²) < 4.78 is 0. The van der Waals surface area contributed by atoms with E-state index in [-0.39, 0.29) is 0 Å². The molecule has 0 fully saturated rings. The zero-order valence-corrected chi connectivity index (χ0v) is 13.4. The quantitative estimate of drug-likeness (QED) is 0.761. The Morgan fingerprint density at radius 2 is 2.14 bits per heavy atom. The lowest BCUT2D eigenvalue weighted by Crippen LogP contribution is -1.97. The third-order valence-corrected chi connectivity index (χ3v) is 4.42. The van der Waals surface area contributed by atoms with Crippen molar-refractivity contribution in [2.24, 2.45) is 5.73 Å². The van der Waals surface area contributed by atoms with Gasteiger partial charge in [0.25, 0.3) is 0 Å². The number of aryl methyl sites for hydroxylation is 1. The van der Waals surface area contributed by atoms with Gasteiger partial charge in [0, 0.05) is 23.5 Å². The van der Waals surface area contributed by atoms with E-state index in [9.17, 15) is 0 Å². The predicted octanol–water partition coefficient (Wildman–Crippen LogP) is 3.76. The molecule has 1 aromatic carbocycles. The van der Waals surface area contributed by atoms with Crippen molar-refractivity contribution in [3.8, 4) is 10.6 Å².